The summed E-state index contributed by atoms with van der Waals surface area (Å²) in [5.41, 5.74) is 3.46. The van der Waals surface area contributed by atoms with Crippen LogP contribution in [0.25, 0.3) is 11.3 Å². The number of halogens is 4. The molecule has 4 aromatic heterocycles. The lowest BCUT2D eigenvalue weighted by Crippen LogP contribution is -2.16. The predicted molar refractivity (Wildman–Crippen MR) is 146 cm³/mol. The first-order valence-electron chi connectivity index (χ1n) is 11.3. The van der Waals surface area contributed by atoms with Gasteiger partial charge in [-0.1, -0.05) is 39.3 Å². The molecule has 8 nitrogen and oxygen atoms in total. The number of hydrogen-bond acceptors (Lipinski definition) is 5. The maximum atomic E-state index is 11.7. The Morgan fingerprint density at radius 1 is 0.914 bits per heavy atom. The normalized spacial score (nSPS) is 11.5. The van der Waals surface area contributed by atoms with Gasteiger partial charge < -0.3 is 0 Å². The van der Waals surface area contributed by atoms with E-state index in [0.717, 1.165) is 42.7 Å². The van der Waals surface area contributed by atoms with Gasteiger partial charge in [-0.2, -0.15) is 5.10 Å². The molecule has 0 amide bonds. The molecule has 4 rings (SSSR count). The first-order valence-corrected chi connectivity index (χ1v) is 16.1. The molecule has 192 valence electrons. The van der Waals surface area contributed by atoms with E-state index in [4.69, 9.17) is 11.6 Å². The molecular weight excluding hydrogens is 553 g/mol. The Balaban J connectivity index is 0.000000208. The summed E-state index contributed by atoms with van der Waals surface area (Å²) in [6.07, 6.45) is 7.65. The lowest BCUT2D eigenvalue weighted by molar-refractivity contribution is 0.600. The monoisotopic (exact) mass is 580 g/mol. The zero-order valence-corrected chi connectivity index (χ0v) is 23.9. The van der Waals surface area contributed by atoms with Crippen molar-refractivity contribution in [2.45, 2.75) is 65.2 Å². The molecule has 4 aromatic rings. The number of nitrogens with one attached hydrogen (secondary N) is 1. The molecule has 0 atom stereocenters. The van der Waals surface area contributed by atoms with Crippen LogP contribution in [0.1, 0.15) is 76.6 Å². The highest BCUT2D eigenvalue weighted by molar-refractivity contribution is 8.24. The summed E-state index contributed by atoms with van der Waals surface area (Å²) >= 11 is 20.0. The molecule has 13 heteroatoms. The quantitative estimate of drug-likeness (QED) is 0.183. The minimum Gasteiger partial charge on any atom is -0.297 e. The number of fused-ring (bicyclic) bond motifs is 2. The highest BCUT2D eigenvalue weighted by Crippen LogP contribution is 2.61. The highest BCUT2D eigenvalue weighted by Gasteiger charge is 2.12. The van der Waals surface area contributed by atoms with E-state index in [0.29, 0.717) is 22.6 Å². The van der Waals surface area contributed by atoms with E-state index in [1.54, 1.807) is 23.0 Å². The molecule has 0 radical (unpaired) electrons. The Labute approximate surface area is 223 Å². The third-order valence-corrected chi connectivity index (χ3v) is 5.81. The van der Waals surface area contributed by atoms with Gasteiger partial charge in [-0.15, -0.1) is 0 Å². The number of rotatable bonds is 6. The average Bonchev–Trinajstić information content (AvgIpc) is 3.45. The molecule has 0 saturated heterocycles. The minimum atomic E-state index is -3.22. The molecule has 0 aliphatic carbocycles. The summed E-state index contributed by atoms with van der Waals surface area (Å²) in [7, 11) is 0. The van der Waals surface area contributed by atoms with Gasteiger partial charge in [0.25, 0.3) is 5.56 Å². The maximum Gasteiger partial charge on any atom is 0.339 e. The van der Waals surface area contributed by atoms with E-state index in [1.165, 1.54) is 4.52 Å². The van der Waals surface area contributed by atoms with Gasteiger partial charge in [0.15, 0.2) is 11.3 Å². The van der Waals surface area contributed by atoms with Crippen LogP contribution in [0.2, 0.25) is 5.15 Å². The van der Waals surface area contributed by atoms with Gasteiger partial charge in [0, 0.05) is 41.9 Å². The maximum absolute atomic E-state index is 11.7. The molecule has 0 unspecified atom stereocenters. The van der Waals surface area contributed by atoms with Crippen molar-refractivity contribution in [2.75, 3.05) is 0 Å². The Morgan fingerprint density at radius 2 is 1.43 bits per heavy atom. The SMILES string of the molecule is CCC(CC)c1cc(=O)n2[nH]ccc2n1.CCC(CC)c1cc(Cl)n2nccc2n1.O=P(Cl)(Cl)Cl. The highest BCUT2D eigenvalue weighted by atomic mass is 36.0. The second-order valence-corrected chi connectivity index (χ2v) is 14.7. The molecular formula is C22H29Cl4N6O2P. The number of aromatic amines is 1. The molecule has 0 fully saturated rings. The van der Waals surface area contributed by atoms with Crippen LogP contribution in [-0.2, 0) is 4.57 Å². The topological polar surface area (TPSA) is 97.4 Å². The van der Waals surface area contributed by atoms with Gasteiger partial charge in [0.1, 0.15) is 5.15 Å². The molecule has 1 N–H and O–H groups in total. The van der Waals surface area contributed by atoms with Crippen LogP contribution in [0.5, 0.6) is 0 Å². The Bertz CT molecular complexity index is 1320. The fourth-order valence-electron chi connectivity index (χ4n) is 3.67. The van der Waals surface area contributed by atoms with Crippen molar-refractivity contribution in [3.8, 4) is 0 Å². The molecule has 0 saturated carbocycles. The zero-order chi connectivity index (χ0) is 26.2. The average molecular weight is 582 g/mol. The molecule has 35 heavy (non-hydrogen) atoms. The molecule has 0 aromatic carbocycles. The first-order chi connectivity index (χ1) is 16.5. The largest absolute Gasteiger partial charge is 0.339 e. The van der Waals surface area contributed by atoms with Crippen LogP contribution in [-0.4, -0.2) is 29.2 Å². The molecule has 4 heterocycles. The second-order valence-electron chi connectivity index (χ2n) is 7.71. The van der Waals surface area contributed by atoms with Gasteiger partial charge in [-0.25, -0.2) is 19.0 Å². The third kappa shape index (κ3) is 8.80. The van der Waals surface area contributed by atoms with E-state index in [-0.39, 0.29) is 5.56 Å². The van der Waals surface area contributed by atoms with Crippen molar-refractivity contribution in [3.63, 3.8) is 0 Å². The van der Waals surface area contributed by atoms with E-state index in [9.17, 15) is 9.36 Å². The van der Waals surface area contributed by atoms with Gasteiger partial charge in [0.2, 0.25) is 0 Å². The lowest BCUT2D eigenvalue weighted by atomic mass is 9.99. The van der Waals surface area contributed by atoms with Gasteiger partial charge in [-0.3, -0.25) is 14.5 Å². The Morgan fingerprint density at radius 3 is 1.97 bits per heavy atom. The fourth-order valence-corrected chi connectivity index (χ4v) is 3.91. The van der Waals surface area contributed by atoms with Gasteiger partial charge >= 0.3 is 5.20 Å². The minimum absolute atomic E-state index is 0.0353. The molecule has 0 spiro atoms. The van der Waals surface area contributed by atoms with Crippen LogP contribution in [0.15, 0.2) is 41.5 Å². The van der Waals surface area contributed by atoms with Crippen molar-refractivity contribution in [3.05, 3.63) is 63.6 Å². The van der Waals surface area contributed by atoms with Crippen molar-refractivity contribution in [1.29, 1.82) is 0 Å². The zero-order valence-electron chi connectivity index (χ0n) is 20.0. The van der Waals surface area contributed by atoms with Gasteiger partial charge in [0.05, 0.1) is 11.9 Å². The smallest absolute Gasteiger partial charge is 0.297 e. The summed E-state index contributed by atoms with van der Waals surface area (Å²) in [5, 5.41) is 4.33. The predicted octanol–water partition coefficient (Wildman–Crippen LogP) is 8.02. The van der Waals surface area contributed by atoms with Crippen LogP contribution in [0.3, 0.4) is 0 Å². The summed E-state index contributed by atoms with van der Waals surface area (Å²) in [6, 6.07) is 7.23. The van der Waals surface area contributed by atoms with Crippen LogP contribution >= 0.6 is 50.5 Å². The number of nitrogens with zero attached hydrogens (tertiary/aromatic N) is 5. The molecule has 0 bridgehead atoms. The standard InChI is InChI=1S/C11H14ClN3.C11H15N3O.Cl3OP/c1-3-8(4-2)9-7-10(12)15-11(14-9)5-6-13-15;1-3-8(4-2)9-7-11(15)14-10(13-9)5-6-12-14;1-5(2,3)4/h5-8H,3-4H2,1-2H3;5-8,12H,3-4H2,1-2H3;. The third-order valence-electron chi connectivity index (χ3n) is 5.54. The summed E-state index contributed by atoms with van der Waals surface area (Å²) in [5.74, 6) is 0.875. The van der Waals surface area contributed by atoms with E-state index in [2.05, 4.69) is 81.6 Å². The number of hydrogen-bond donors (Lipinski definition) is 1. The first kappa shape index (κ1) is 29.7. The second kappa shape index (κ2) is 13.7. The lowest BCUT2D eigenvalue weighted by Gasteiger charge is -2.12. The van der Waals surface area contributed by atoms with Crippen LogP contribution in [0, 0.1) is 0 Å². The van der Waals surface area contributed by atoms with Crippen LogP contribution < -0.4 is 5.56 Å². The Kier molecular flexibility index (Phi) is 11.6. The molecule has 0 aliphatic heterocycles. The van der Waals surface area contributed by atoms with Crippen molar-refractivity contribution >= 4 is 61.8 Å². The number of aromatic nitrogens is 6. The van der Waals surface area contributed by atoms with Crippen molar-refractivity contribution in [1.82, 2.24) is 29.2 Å². The Hall–Kier alpha value is -1.57. The summed E-state index contributed by atoms with van der Waals surface area (Å²) < 4.78 is 12.6. The van der Waals surface area contributed by atoms with Crippen molar-refractivity contribution < 1.29 is 4.57 Å². The van der Waals surface area contributed by atoms with Crippen molar-refractivity contribution in [2.24, 2.45) is 0 Å². The van der Waals surface area contributed by atoms with E-state index in [1.807, 2.05) is 18.2 Å². The van der Waals surface area contributed by atoms with Crippen LogP contribution in [0.4, 0.5) is 0 Å². The van der Waals surface area contributed by atoms with E-state index < -0.39 is 5.20 Å². The summed E-state index contributed by atoms with van der Waals surface area (Å²) in [4.78, 5) is 20.7. The summed E-state index contributed by atoms with van der Waals surface area (Å²) in [6.45, 7) is 8.58. The molecule has 0 aliphatic rings. The fraction of sp³-hybridized carbons (Fsp3) is 0.455. The van der Waals surface area contributed by atoms with E-state index >= 15 is 0 Å². The number of H-pyrrole nitrogens is 1. The van der Waals surface area contributed by atoms with Gasteiger partial charge in [-0.05, 0) is 65.5 Å².